The Morgan fingerprint density at radius 3 is 2.44 bits per heavy atom. The second-order valence-corrected chi connectivity index (χ2v) is 4.72. The first-order chi connectivity index (χ1) is 8.54. The second-order valence-electron chi connectivity index (χ2n) is 4.72. The standard InChI is InChI=1S/C12H23N3O3/c1-14(2)12(17)15-8-5-10(6-9-15)13-7-4-11(16)18-3/h10,13H,4-9H2,1-3H3. The van der Waals surface area contributed by atoms with Crippen LogP contribution in [0.5, 0.6) is 0 Å². The number of urea groups is 1. The van der Waals surface area contributed by atoms with Crippen LogP contribution in [-0.4, -0.2) is 68.7 Å². The number of carbonyl (C=O) groups excluding carboxylic acids is 2. The van der Waals surface area contributed by atoms with Crippen LogP contribution in [0.4, 0.5) is 4.79 Å². The first kappa shape index (κ1) is 14.8. The molecule has 1 aliphatic rings. The SMILES string of the molecule is COC(=O)CCNC1CCN(C(=O)N(C)C)CC1. The minimum Gasteiger partial charge on any atom is -0.469 e. The molecule has 1 fully saturated rings. The van der Waals surface area contributed by atoms with E-state index in [0.717, 1.165) is 25.9 Å². The summed E-state index contributed by atoms with van der Waals surface area (Å²) >= 11 is 0. The maximum Gasteiger partial charge on any atom is 0.319 e. The summed E-state index contributed by atoms with van der Waals surface area (Å²) in [7, 11) is 4.93. The molecule has 2 amide bonds. The highest BCUT2D eigenvalue weighted by Gasteiger charge is 2.23. The Labute approximate surface area is 108 Å². The molecule has 6 heteroatoms. The van der Waals surface area contributed by atoms with Gasteiger partial charge in [-0.05, 0) is 12.8 Å². The average Bonchev–Trinajstić information content (AvgIpc) is 2.38. The fraction of sp³-hybridized carbons (Fsp3) is 0.833. The number of nitrogens with one attached hydrogen (secondary N) is 1. The second kappa shape index (κ2) is 7.20. The third-order valence-corrected chi connectivity index (χ3v) is 3.14. The van der Waals surface area contributed by atoms with Gasteiger partial charge in [0, 0.05) is 39.8 Å². The molecule has 0 aromatic carbocycles. The molecule has 0 radical (unpaired) electrons. The van der Waals surface area contributed by atoms with Crippen LogP contribution >= 0.6 is 0 Å². The maximum atomic E-state index is 11.7. The molecule has 0 bridgehead atoms. The normalized spacial score (nSPS) is 16.5. The Bertz CT molecular complexity index is 286. The van der Waals surface area contributed by atoms with Crippen molar-refractivity contribution in [2.45, 2.75) is 25.3 Å². The molecule has 1 rings (SSSR count). The predicted molar refractivity (Wildman–Crippen MR) is 68.3 cm³/mol. The van der Waals surface area contributed by atoms with E-state index in [0.29, 0.717) is 19.0 Å². The van der Waals surface area contributed by atoms with Crippen LogP contribution < -0.4 is 5.32 Å². The molecular formula is C12H23N3O3. The Hall–Kier alpha value is -1.30. The number of esters is 1. The summed E-state index contributed by atoms with van der Waals surface area (Å²) in [6.07, 6.45) is 2.26. The molecule has 1 N–H and O–H groups in total. The zero-order chi connectivity index (χ0) is 13.5. The van der Waals surface area contributed by atoms with Crippen molar-refractivity contribution in [1.29, 1.82) is 0 Å². The molecule has 0 atom stereocenters. The molecule has 0 aromatic heterocycles. The lowest BCUT2D eigenvalue weighted by molar-refractivity contribution is -0.140. The zero-order valence-corrected chi connectivity index (χ0v) is 11.4. The summed E-state index contributed by atoms with van der Waals surface area (Å²) < 4.78 is 4.58. The van der Waals surface area contributed by atoms with Crippen molar-refractivity contribution in [2.24, 2.45) is 0 Å². The molecule has 0 saturated carbocycles. The summed E-state index contributed by atoms with van der Waals surface area (Å²) in [5, 5.41) is 3.32. The lowest BCUT2D eigenvalue weighted by atomic mass is 10.1. The third-order valence-electron chi connectivity index (χ3n) is 3.14. The Morgan fingerprint density at radius 2 is 1.94 bits per heavy atom. The van der Waals surface area contributed by atoms with Gasteiger partial charge in [0.2, 0.25) is 0 Å². The number of piperidine rings is 1. The molecule has 0 spiro atoms. The van der Waals surface area contributed by atoms with Crippen molar-refractivity contribution in [2.75, 3.05) is 40.8 Å². The van der Waals surface area contributed by atoms with Crippen molar-refractivity contribution in [3.63, 3.8) is 0 Å². The smallest absolute Gasteiger partial charge is 0.319 e. The molecule has 0 aliphatic carbocycles. The molecule has 18 heavy (non-hydrogen) atoms. The molecule has 1 aliphatic heterocycles. The quantitative estimate of drug-likeness (QED) is 0.735. The maximum absolute atomic E-state index is 11.7. The molecular weight excluding hydrogens is 234 g/mol. The van der Waals surface area contributed by atoms with Crippen LogP contribution in [0.3, 0.4) is 0 Å². The summed E-state index contributed by atoms with van der Waals surface area (Å²) in [6.45, 7) is 2.18. The van der Waals surface area contributed by atoms with Gasteiger partial charge in [0.05, 0.1) is 13.5 Å². The topological polar surface area (TPSA) is 61.9 Å². The number of nitrogens with zero attached hydrogens (tertiary/aromatic N) is 2. The first-order valence-corrected chi connectivity index (χ1v) is 6.31. The fourth-order valence-corrected chi connectivity index (χ4v) is 2.04. The predicted octanol–water partition coefficient (Wildman–Crippen LogP) is 0.285. The monoisotopic (exact) mass is 257 g/mol. The summed E-state index contributed by atoms with van der Waals surface area (Å²) in [5.74, 6) is -0.192. The third kappa shape index (κ3) is 4.52. The van der Waals surface area contributed by atoms with Crippen LogP contribution in [-0.2, 0) is 9.53 Å². The van der Waals surface area contributed by atoms with Gasteiger partial charge in [0.15, 0.2) is 0 Å². The van der Waals surface area contributed by atoms with Gasteiger partial charge in [-0.1, -0.05) is 0 Å². The number of hydrogen-bond acceptors (Lipinski definition) is 4. The van der Waals surface area contributed by atoms with E-state index in [2.05, 4.69) is 10.1 Å². The number of hydrogen-bond donors (Lipinski definition) is 1. The van der Waals surface area contributed by atoms with Gasteiger partial charge in [-0.2, -0.15) is 0 Å². The average molecular weight is 257 g/mol. The Kier molecular flexibility index (Phi) is 5.91. The van der Waals surface area contributed by atoms with E-state index in [4.69, 9.17) is 0 Å². The largest absolute Gasteiger partial charge is 0.469 e. The molecule has 0 aromatic rings. The molecule has 0 unspecified atom stereocenters. The van der Waals surface area contributed by atoms with Gasteiger partial charge in [-0.25, -0.2) is 4.79 Å². The van der Waals surface area contributed by atoms with Crippen molar-refractivity contribution in [3.8, 4) is 0 Å². The van der Waals surface area contributed by atoms with E-state index in [1.165, 1.54) is 7.11 Å². The Balaban J connectivity index is 2.19. The van der Waals surface area contributed by atoms with Gasteiger partial charge in [-0.15, -0.1) is 0 Å². The summed E-state index contributed by atoms with van der Waals surface area (Å²) in [6, 6.07) is 0.462. The lowest BCUT2D eigenvalue weighted by Crippen LogP contribution is -2.48. The number of carbonyl (C=O) groups is 2. The molecule has 1 heterocycles. The van der Waals surface area contributed by atoms with Gasteiger partial charge in [0.25, 0.3) is 0 Å². The lowest BCUT2D eigenvalue weighted by Gasteiger charge is -2.34. The number of likely N-dealkylation sites (tertiary alicyclic amines) is 1. The van der Waals surface area contributed by atoms with E-state index in [1.807, 2.05) is 4.90 Å². The highest BCUT2D eigenvalue weighted by atomic mass is 16.5. The minimum absolute atomic E-state index is 0.0722. The van der Waals surface area contributed by atoms with Crippen molar-refractivity contribution in [3.05, 3.63) is 0 Å². The highest BCUT2D eigenvalue weighted by Crippen LogP contribution is 2.11. The number of methoxy groups -OCH3 is 1. The minimum atomic E-state index is -0.192. The fourth-order valence-electron chi connectivity index (χ4n) is 2.04. The van der Waals surface area contributed by atoms with Crippen LogP contribution in [0.2, 0.25) is 0 Å². The van der Waals surface area contributed by atoms with Crippen LogP contribution in [0, 0.1) is 0 Å². The van der Waals surface area contributed by atoms with E-state index in [9.17, 15) is 9.59 Å². The Morgan fingerprint density at radius 1 is 1.33 bits per heavy atom. The van der Waals surface area contributed by atoms with Crippen LogP contribution in [0.1, 0.15) is 19.3 Å². The van der Waals surface area contributed by atoms with Gasteiger partial charge in [0.1, 0.15) is 0 Å². The van der Waals surface area contributed by atoms with Gasteiger partial charge >= 0.3 is 12.0 Å². The van der Waals surface area contributed by atoms with Crippen molar-refractivity contribution in [1.82, 2.24) is 15.1 Å². The van der Waals surface area contributed by atoms with Gasteiger partial charge < -0.3 is 19.9 Å². The van der Waals surface area contributed by atoms with E-state index < -0.39 is 0 Å². The number of ether oxygens (including phenoxy) is 1. The summed E-state index contributed by atoms with van der Waals surface area (Å²) in [5.41, 5.74) is 0. The zero-order valence-electron chi connectivity index (χ0n) is 11.4. The van der Waals surface area contributed by atoms with Crippen LogP contribution in [0.25, 0.3) is 0 Å². The van der Waals surface area contributed by atoms with Crippen LogP contribution in [0.15, 0.2) is 0 Å². The highest BCUT2D eigenvalue weighted by molar-refractivity contribution is 5.73. The van der Waals surface area contributed by atoms with E-state index in [1.54, 1.807) is 19.0 Å². The number of rotatable bonds is 4. The molecule has 104 valence electrons. The molecule has 1 saturated heterocycles. The van der Waals surface area contributed by atoms with Crippen molar-refractivity contribution < 1.29 is 14.3 Å². The van der Waals surface area contributed by atoms with Crippen molar-refractivity contribution >= 4 is 12.0 Å². The van der Waals surface area contributed by atoms with Gasteiger partial charge in [-0.3, -0.25) is 4.79 Å². The van der Waals surface area contributed by atoms with E-state index >= 15 is 0 Å². The first-order valence-electron chi connectivity index (χ1n) is 6.31. The number of amides is 2. The van der Waals surface area contributed by atoms with E-state index in [-0.39, 0.29) is 12.0 Å². The molecule has 6 nitrogen and oxygen atoms in total. The summed E-state index contributed by atoms with van der Waals surface area (Å²) in [4.78, 5) is 26.1.